The molecule has 0 saturated heterocycles. The predicted octanol–water partition coefficient (Wildman–Crippen LogP) is -0.0546. The van der Waals surface area contributed by atoms with E-state index in [1.54, 1.807) is 0 Å². The van der Waals surface area contributed by atoms with E-state index in [0.717, 1.165) is 6.07 Å². The number of benzene rings is 1. The van der Waals surface area contributed by atoms with Crippen LogP contribution in [0.15, 0.2) is 12.1 Å². The first-order chi connectivity index (χ1) is 16.5. The SMILES string of the molecule is O=C(O)c1cc(CCOCOCOCOCO)c(CCOCOCOCOCO)c(C(=O)O)c1. The van der Waals surface area contributed by atoms with Crippen LogP contribution in [-0.4, -0.2) is 99.9 Å². The molecule has 0 fully saturated rings. The average molecular weight is 494 g/mol. The fourth-order valence-corrected chi connectivity index (χ4v) is 2.60. The first-order valence-electron chi connectivity index (χ1n) is 9.97. The lowest BCUT2D eigenvalue weighted by molar-refractivity contribution is -0.185. The second-order valence-electron chi connectivity index (χ2n) is 6.28. The molecule has 34 heavy (non-hydrogen) atoms. The highest BCUT2D eigenvalue weighted by Crippen LogP contribution is 2.21. The van der Waals surface area contributed by atoms with Crippen LogP contribution in [0, 0.1) is 0 Å². The summed E-state index contributed by atoms with van der Waals surface area (Å²) in [6.45, 7) is -1.50. The van der Waals surface area contributed by atoms with Crippen LogP contribution in [-0.2, 0) is 50.7 Å². The van der Waals surface area contributed by atoms with E-state index in [4.69, 9.17) is 38.6 Å². The fraction of sp³-hybridized carbons (Fsp3) is 0.600. The van der Waals surface area contributed by atoms with Crippen molar-refractivity contribution in [3.63, 3.8) is 0 Å². The molecule has 0 saturated carbocycles. The molecular weight excluding hydrogens is 464 g/mol. The lowest BCUT2D eigenvalue weighted by Crippen LogP contribution is -2.15. The van der Waals surface area contributed by atoms with E-state index < -0.39 is 25.5 Å². The van der Waals surface area contributed by atoms with Crippen molar-refractivity contribution in [3.05, 3.63) is 34.4 Å². The van der Waals surface area contributed by atoms with Gasteiger partial charge in [-0.1, -0.05) is 0 Å². The van der Waals surface area contributed by atoms with Crippen LogP contribution in [0.3, 0.4) is 0 Å². The van der Waals surface area contributed by atoms with Gasteiger partial charge in [0, 0.05) is 0 Å². The largest absolute Gasteiger partial charge is 0.478 e. The Morgan fingerprint density at radius 1 is 0.618 bits per heavy atom. The van der Waals surface area contributed by atoms with E-state index in [-0.39, 0.29) is 77.9 Å². The van der Waals surface area contributed by atoms with Gasteiger partial charge in [-0.2, -0.15) is 0 Å². The van der Waals surface area contributed by atoms with Crippen molar-refractivity contribution in [3.8, 4) is 0 Å². The molecule has 0 unspecified atom stereocenters. The second-order valence-corrected chi connectivity index (χ2v) is 6.28. The molecule has 0 bridgehead atoms. The molecule has 0 spiro atoms. The number of hydrogen-bond donors (Lipinski definition) is 4. The van der Waals surface area contributed by atoms with Crippen molar-refractivity contribution in [2.24, 2.45) is 0 Å². The van der Waals surface area contributed by atoms with Gasteiger partial charge in [0.25, 0.3) is 0 Å². The topological polar surface area (TPSA) is 189 Å². The molecule has 0 atom stereocenters. The Morgan fingerprint density at radius 2 is 1.09 bits per heavy atom. The Kier molecular flexibility index (Phi) is 16.7. The van der Waals surface area contributed by atoms with Gasteiger partial charge in [-0.3, -0.25) is 0 Å². The number of carboxylic acids is 2. The number of rotatable bonds is 22. The predicted molar refractivity (Wildman–Crippen MR) is 110 cm³/mol. The Bertz CT molecular complexity index is 711. The lowest BCUT2D eigenvalue weighted by atomic mass is 9.93. The Labute approximate surface area is 195 Å². The summed E-state index contributed by atoms with van der Waals surface area (Å²) in [6, 6.07) is 2.50. The zero-order valence-corrected chi connectivity index (χ0v) is 18.5. The summed E-state index contributed by atoms with van der Waals surface area (Å²) in [5, 5.41) is 35.8. The normalized spacial score (nSPS) is 11.1. The number of carboxylic acid groups (broad SMARTS) is 2. The number of aliphatic hydroxyl groups is 2. The highest BCUT2D eigenvalue weighted by molar-refractivity contribution is 5.95. The highest BCUT2D eigenvalue weighted by Gasteiger charge is 2.18. The maximum absolute atomic E-state index is 11.7. The van der Waals surface area contributed by atoms with Gasteiger partial charge in [-0.25, -0.2) is 9.59 Å². The van der Waals surface area contributed by atoms with Crippen LogP contribution < -0.4 is 0 Å². The molecule has 0 amide bonds. The molecule has 0 aliphatic heterocycles. The molecule has 4 N–H and O–H groups in total. The third-order valence-electron chi connectivity index (χ3n) is 4.01. The van der Waals surface area contributed by atoms with Gasteiger partial charge >= 0.3 is 11.9 Å². The summed E-state index contributed by atoms with van der Waals surface area (Å²) in [7, 11) is 0. The standard InChI is InChI=1S/C20H30O14/c21-7-29-11-33-13-31-9-27-3-1-15-5-16(19(23)24)6-18(20(25)26)17(15)2-4-28-10-32-14-34-12-30-8-22/h5-6,21-22H,1-4,7-14H2,(H,23,24)(H,25,26). The Morgan fingerprint density at radius 3 is 1.56 bits per heavy atom. The van der Waals surface area contributed by atoms with Crippen LogP contribution in [0.4, 0.5) is 0 Å². The molecular formula is C20H30O14. The van der Waals surface area contributed by atoms with Crippen molar-refractivity contribution < 1.29 is 67.9 Å². The lowest BCUT2D eigenvalue weighted by Gasteiger charge is -2.15. The second kappa shape index (κ2) is 19.1. The maximum Gasteiger partial charge on any atom is 0.335 e. The van der Waals surface area contributed by atoms with Gasteiger partial charge in [-0.05, 0) is 36.1 Å². The van der Waals surface area contributed by atoms with Crippen LogP contribution >= 0.6 is 0 Å². The molecule has 194 valence electrons. The number of ether oxygens (including phenoxy) is 8. The van der Waals surface area contributed by atoms with Crippen molar-refractivity contribution in [2.45, 2.75) is 12.8 Å². The zero-order valence-electron chi connectivity index (χ0n) is 18.5. The zero-order chi connectivity index (χ0) is 25.0. The number of hydrogen-bond acceptors (Lipinski definition) is 12. The van der Waals surface area contributed by atoms with Crippen LogP contribution in [0.1, 0.15) is 31.8 Å². The van der Waals surface area contributed by atoms with Crippen LogP contribution in [0.2, 0.25) is 0 Å². The van der Waals surface area contributed by atoms with Gasteiger partial charge in [0.1, 0.15) is 27.2 Å². The maximum atomic E-state index is 11.7. The fourth-order valence-electron chi connectivity index (χ4n) is 2.60. The minimum Gasteiger partial charge on any atom is -0.478 e. The molecule has 1 aromatic carbocycles. The number of aliphatic hydroxyl groups excluding tert-OH is 2. The van der Waals surface area contributed by atoms with Crippen molar-refractivity contribution in [1.29, 1.82) is 0 Å². The molecule has 0 radical (unpaired) electrons. The van der Waals surface area contributed by atoms with Gasteiger partial charge < -0.3 is 58.3 Å². The first-order valence-corrected chi connectivity index (χ1v) is 9.97. The molecule has 0 aliphatic rings. The Hall–Kier alpha value is -2.24. The summed E-state index contributed by atoms with van der Waals surface area (Å²) < 4.78 is 39.6. The smallest absolute Gasteiger partial charge is 0.335 e. The van der Waals surface area contributed by atoms with Gasteiger partial charge in [-0.15, -0.1) is 0 Å². The molecule has 1 rings (SSSR count). The number of carbonyl (C=O) groups is 2. The molecule has 14 nitrogen and oxygen atoms in total. The molecule has 0 aliphatic carbocycles. The minimum absolute atomic E-state index is 0.101. The molecule has 0 aromatic heterocycles. The van der Waals surface area contributed by atoms with E-state index in [2.05, 4.69) is 9.47 Å². The van der Waals surface area contributed by atoms with Crippen molar-refractivity contribution in [2.75, 3.05) is 67.6 Å². The summed E-state index contributed by atoms with van der Waals surface area (Å²) in [4.78, 5) is 23.2. The average Bonchev–Trinajstić information content (AvgIpc) is 2.81. The number of aromatic carboxylic acids is 2. The van der Waals surface area contributed by atoms with Crippen molar-refractivity contribution >= 4 is 11.9 Å². The third-order valence-corrected chi connectivity index (χ3v) is 4.01. The Balaban J connectivity index is 2.60. The summed E-state index contributed by atoms with van der Waals surface area (Å²) in [5.74, 6) is -2.52. The quantitative estimate of drug-likeness (QED) is 0.124. The van der Waals surface area contributed by atoms with Crippen LogP contribution in [0.5, 0.6) is 0 Å². The third kappa shape index (κ3) is 12.9. The van der Waals surface area contributed by atoms with E-state index in [1.165, 1.54) is 6.07 Å². The van der Waals surface area contributed by atoms with Crippen LogP contribution in [0.25, 0.3) is 0 Å². The van der Waals surface area contributed by atoms with Gasteiger partial charge in [0.2, 0.25) is 0 Å². The van der Waals surface area contributed by atoms with Gasteiger partial charge in [0.05, 0.1) is 24.3 Å². The monoisotopic (exact) mass is 494 g/mol. The minimum atomic E-state index is -1.26. The van der Waals surface area contributed by atoms with E-state index in [9.17, 15) is 19.8 Å². The molecule has 0 heterocycles. The molecule has 14 heteroatoms. The van der Waals surface area contributed by atoms with Gasteiger partial charge in [0.15, 0.2) is 27.2 Å². The summed E-state index contributed by atoms with van der Waals surface area (Å²) in [5.41, 5.74) is 0.603. The van der Waals surface area contributed by atoms with E-state index >= 15 is 0 Å². The first kappa shape index (κ1) is 29.8. The molecule has 1 aromatic rings. The highest BCUT2D eigenvalue weighted by atomic mass is 16.8. The van der Waals surface area contributed by atoms with Crippen molar-refractivity contribution in [1.82, 2.24) is 0 Å². The summed E-state index contributed by atoms with van der Waals surface area (Å²) in [6.07, 6.45) is 0.410. The van der Waals surface area contributed by atoms with E-state index in [1.807, 2.05) is 0 Å². The summed E-state index contributed by atoms with van der Waals surface area (Å²) >= 11 is 0. The van der Waals surface area contributed by atoms with E-state index in [0.29, 0.717) is 11.1 Å².